The van der Waals surface area contributed by atoms with Gasteiger partial charge in [-0.1, -0.05) is 0 Å². The molecule has 2 N–H and O–H groups in total. The number of nitrogens with zero attached hydrogens (tertiary/aromatic N) is 2. The first kappa shape index (κ1) is 19.9. The van der Waals surface area contributed by atoms with E-state index in [0.717, 1.165) is 22.6 Å². The molecule has 1 aromatic rings. The Bertz CT molecular complexity index is 459. The minimum atomic E-state index is 0.864. The summed E-state index contributed by atoms with van der Waals surface area (Å²) in [6, 6.07) is 5.82. The second-order valence-corrected chi connectivity index (χ2v) is 6.61. The van der Waals surface area contributed by atoms with Crippen molar-refractivity contribution in [1.82, 2.24) is 15.7 Å². The van der Waals surface area contributed by atoms with E-state index in [2.05, 4.69) is 43.3 Å². The Morgan fingerprint density at radius 1 is 1.09 bits per heavy atom. The van der Waals surface area contributed by atoms with E-state index in [4.69, 9.17) is 0 Å². The molecule has 5 heteroatoms. The molecule has 0 aliphatic heterocycles. The molecule has 0 fully saturated rings. The van der Waals surface area contributed by atoms with Crippen molar-refractivity contribution >= 4 is 26.0 Å². The van der Waals surface area contributed by atoms with Crippen LogP contribution in [0.5, 0.6) is 0 Å². The van der Waals surface area contributed by atoms with Crippen LogP contribution in [0.3, 0.4) is 0 Å². The zero-order valence-corrected chi connectivity index (χ0v) is 16.2. The summed E-state index contributed by atoms with van der Waals surface area (Å²) in [6.07, 6.45) is 12.5. The van der Waals surface area contributed by atoms with Crippen LogP contribution in [0.4, 0.5) is 0 Å². The number of nitrogens with one attached hydrogen (secondary N) is 2. The molecule has 0 aliphatic rings. The average Bonchev–Trinajstić information content (AvgIpc) is 2.59. The van der Waals surface area contributed by atoms with Gasteiger partial charge in [-0.25, -0.2) is 0 Å². The summed E-state index contributed by atoms with van der Waals surface area (Å²) < 4.78 is 0.864. The third kappa shape index (κ3) is 10.2. The van der Waals surface area contributed by atoms with Crippen LogP contribution in [0.15, 0.2) is 29.5 Å². The summed E-state index contributed by atoms with van der Waals surface area (Å²) in [5.41, 5.74) is 4.76. The van der Waals surface area contributed by atoms with Gasteiger partial charge in [-0.3, -0.25) is 0 Å². The topological polar surface area (TPSA) is 49.3 Å². The van der Waals surface area contributed by atoms with Gasteiger partial charge in [-0.05, 0) is 0 Å². The molecule has 128 valence electrons. The Balaban J connectivity index is 2.04. The molecule has 0 radical (unpaired) electrons. The third-order valence-corrected chi connectivity index (χ3v) is 4.17. The van der Waals surface area contributed by atoms with Crippen LogP contribution in [0.25, 0.3) is 0 Å². The molecule has 0 saturated carbocycles. The Kier molecular flexibility index (Phi) is 11.5. The zero-order chi connectivity index (χ0) is 16.8. The second kappa shape index (κ2) is 13.3. The van der Waals surface area contributed by atoms with E-state index in [9.17, 15) is 0 Å². The van der Waals surface area contributed by atoms with Gasteiger partial charge in [0.05, 0.1) is 0 Å². The monoisotopic (exact) mass is 382 g/mol. The van der Waals surface area contributed by atoms with Crippen LogP contribution in [0.2, 0.25) is 0 Å². The molecule has 1 aromatic heterocycles. The fraction of sp³-hybridized carbons (Fsp3) is 0.611. The van der Waals surface area contributed by atoms with E-state index >= 15 is 0 Å². The van der Waals surface area contributed by atoms with Gasteiger partial charge in [-0.2, -0.15) is 0 Å². The predicted molar refractivity (Wildman–Crippen MR) is 101 cm³/mol. The number of hydrazone groups is 1. The van der Waals surface area contributed by atoms with Gasteiger partial charge in [0.2, 0.25) is 0 Å². The van der Waals surface area contributed by atoms with Gasteiger partial charge in [0.25, 0.3) is 0 Å². The maximum atomic E-state index is 4.32. The summed E-state index contributed by atoms with van der Waals surface area (Å²) in [5.74, 6) is 0. The minimum absolute atomic E-state index is 0.864. The van der Waals surface area contributed by atoms with Crippen molar-refractivity contribution in [2.24, 2.45) is 5.10 Å². The van der Waals surface area contributed by atoms with Crippen molar-refractivity contribution in [3.63, 3.8) is 0 Å². The molecular weight excluding hydrogens is 351 g/mol. The van der Waals surface area contributed by atoms with Crippen LogP contribution < -0.4 is 10.7 Å². The molecular formula is C18H30N4Se. The molecule has 1 rings (SSSR count). The van der Waals surface area contributed by atoms with Gasteiger partial charge in [0.15, 0.2) is 0 Å². The number of aromatic nitrogens is 1. The first-order valence-electron chi connectivity index (χ1n) is 8.73. The van der Waals surface area contributed by atoms with Crippen LogP contribution in [-0.2, 0) is 0 Å². The summed E-state index contributed by atoms with van der Waals surface area (Å²) in [4.78, 5) is 4.27. The van der Waals surface area contributed by atoms with Crippen LogP contribution in [-0.4, -0.2) is 37.5 Å². The summed E-state index contributed by atoms with van der Waals surface area (Å²) in [7, 11) is 0. The molecule has 4 nitrogen and oxygen atoms in total. The summed E-state index contributed by atoms with van der Waals surface area (Å²) in [6.45, 7) is 5.18. The molecule has 0 spiro atoms. The van der Waals surface area contributed by atoms with E-state index < -0.39 is 0 Å². The number of rotatable bonds is 13. The second-order valence-electron chi connectivity index (χ2n) is 5.75. The quantitative estimate of drug-likeness (QED) is 0.238. The molecule has 23 heavy (non-hydrogen) atoms. The molecule has 1 heterocycles. The summed E-state index contributed by atoms with van der Waals surface area (Å²) in [5, 5.41) is 7.65. The first-order chi connectivity index (χ1) is 11.2. The molecule has 0 amide bonds. The van der Waals surface area contributed by atoms with E-state index in [1.165, 1.54) is 51.4 Å². The van der Waals surface area contributed by atoms with Gasteiger partial charge in [-0.15, -0.1) is 0 Å². The number of hydrogen-bond acceptors (Lipinski definition) is 4. The van der Waals surface area contributed by atoms with Gasteiger partial charge < -0.3 is 0 Å². The fourth-order valence-electron chi connectivity index (χ4n) is 2.27. The van der Waals surface area contributed by atoms with Gasteiger partial charge >= 0.3 is 149 Å². The van der Waals surface area contributed by atoms with Gasteiger partial charge in [0.1, 0.15) is 0 Å². The van der Waals surface area contributed by atoms with Crippen molar-refractivity contribution in [3.05, 3.63) is 30.1 Å². The Hall–Kier alpha value is -1.19. The van der Waals surface area contributed by atoms with Crippen molar-refractivity contribution < 1.29 is 0 Å². The molecule has 0 atom stereocenters. The number of unbranched alkanes of at least 4 members (excludes halogenated alkanes) is 7. The van der Waals surface area contributed by atoms with Crippen LogP contribution in [0, 0.1) is 0 Å². The first-order valence-corrected chi connectivity index (χ1v) is 9.59. The molecule has 0 aromatic carbocycles. The van der Waals surface area contributed by atoms with E-state index in [0.29, 0.717) is 0 Å². The summed E-state index contributed by atoms with van der Waals surface area (Å²) >= 11 is 2.98. The molecule has 0 aliphatic carbocycles. The average molecular weight is 381 g/mol. The standard InChI is InChI=1S/C18H30N4Se/c1-3-4-5-6-7-8-9-11-15-20-18(23)22-21-16(2)17-13-10-12-14-19-17/h10,12-14H,3-9,11,15H2,1-2H3,(H2,20,22,23). The molecule has 0 unspecified atom stereocenters. The zero-order valence-electron chi connectivity index (χ0n) is 14.5. The maximum absolute atomic E-state index is 4.32. The van der Waals surface area contributed by atoms with Crippen molar-refractivity contribution in [2.45, 2.75) is 65.2 Å². The fourth-order valence-corrected chi connectivity index (χ4v) is 2.58. The van der Waals surface area contributed by atoms with Crippen molar-refractivity contribution in [2.75, 3.05) is 6.54 Å². The predicted octanol–water partition coefficient (Wildman–Crippen LogP) is 3.38. The Morgan fingerprint density at radius 3 is 2.43 bits per heavy atom. The Labute approximate surface area is 148 Å². The Morgan fingerprint density at radius 2 is 1.78 bits per heavy atom. The van der Waals surface area contributed by atoms with E-state index in [-0.39, 0.29) is 0 Å². The van der Waals surface area contributed by atoms with Gasteiger partial charge in [0, 0.05) is 0 Å². The number of pyridine rings is 1. The molecule has 0 saturated heterocycles. The third-order valence-electron chi connectivity index (χ3n) is 3.68. The number of hydrogen-bond donors (Lipinski definition) is 2. The molecule has 0 bridgehead atoms. The normalized spacial score (nSPS) is 11.3. The van der Waals surface area contributed by atoms with Crippen LogP contribution in [0.1, 0.15) is 70.9 Å². The van der Waals surface area contributed by atoms with E-state index in [1.807, 2.05) is 25.1 Å². The van der Waals surface area contributed by atoms with Crippen molar-refractivity contribution in [1.29, 1.82) is 0 Å². The van der Waals surface area contributed by atoms with E-state index in [1.54, 1.807) is 6.20 Å². The van der Waals surface area contributed by atoms with Crippen LogP contribution >= 0.6 is 0 Å². The van der Waals surface area contributed by atoms with Crippen molar-refractivity contribution in [3.8, 4) is 0 Å². The SMILES string of the molecule is CCCCCCCCCCNC(=[Se])NN=C(C)c1ccccn1.